The first-order chi connectivity index (χ1) is 14.9. The fraction of sp³-hybridized carbons (Fsp3) is 0.273. The number of allylic oxidation sites excluding steroid dienone is 1. The molecule has 9 heteroatoms. The normalized spacial score (nSPS) is 15.7. The smallest absolute Gasteiger partial charge is 0.315 e. The fourth-order valence-corrected chi connectivity index (χ4v) is 3.72. The lowest BCUT2D eigenvalue weighted by Crippen LogP contribution is -2.44. The summed E-state index contributed by atoms with van der Waals surface area (Å²) in [6, 6.07) is 11.2. The summed E-state index contributed by atoms with van der Waals surface area (Å²) in [5, 5.41) is 18.2. The molecule has 1 aliphatic rings. The van der Waals surface area contributed by atoms with Crippen molar-refractivity contribution in [2.45, 2.75) is 26.8 Å². The van der Waals surface area contributed by atoms with E-state index in [1.165, 1.54) is 6.07 Å². The van der Waals surface area contributed by atoms with E-state index < -0.39 is 11.0 Å². The minimum absolute atomic E-state index is 0.0613. The number of ether oxygens (including phenoxy) is 2. The largest absolute Gasteiger partial charge is 0.490 e. The number of nitro groups is 1. The van der Waals surface area contributed by atoms with E-state index in [1.807, 2.05) is 6.07 Å². The third kappa shape index (κ3) is 4.66. The number of benzene rings is 2. The number of nitrogens with zero attached hydrogens (tertiary/aromatic N) is 1. The van der Waals surface area contributed by atoms with Gasteiger partial charge in [0.2, 0.25) is 5.75 Å². The van der Waals surface area contributed by atoms with E-state index in [0.29, 0.717) is 34.1 Å². The molecule has 8 nitrogen and oxygen atoms in total. The molecule has 3 rings (SSSR count). The molecule has 1 atom stereocenters. The number of Topliss-reactive ketones (excluding diaryl/α,β-unsaturated/α-hetero) is 1. The second-order valence-corrected chi connectivity index (χ2v) is 7.16. The molecule has 0 saturated heterocycles. The van der Waals surface area contributed by atoms with Gasteiger partial charge in [-0.1, -0.05) is 30.3 Å². The highest BCUT2D eigenvalue weighted by Crippen LogP contribution is 2.42. The zero-order valence-corrected chi connectivity index (χ0v) is 18.2. The predicted molar refractivity (Wildman–Crippen MR) is 121 cm³/mol. The number of carbonyl (C=O) groups is 1. The summed E-state index contributed by atoms with van der Waals surface area (Å²) in [6.07, 6.45) is 0. The Morgan fingerprint density at radius 1 is 1.16 bits per heavy atom. The number of hydrogen-bond acceptors (Lipinski definition) is 6. The number of ketones is 1. The van der Waals surface area contributed by atoms with Crippen LogP contribution in [0.15, 0.2) is 53.7 Å². The number of rotatable bonds is 8. The van der Waals surface area contributed by atoms with Gasteiger partial charge in [-0.25, -0.2) is 0 Å². The van der Waals surface area contributed by atoms with Gasteiger partial charge in [0.1, 0.15) is 0 Å². The van der Waals surface area contributed by atoms with Crippen LogP contribution < -0.4 is 20.1 Å². The average Bonchev–Trinajstić information content (AvgIpc) is 2.74. The Morgan fingerprint density at radius 3 is 2.45 bits per heavy atom. The van der Waals surface area contributed by atoms with Gasteiger partial charge in [-0.05, 0) is 44.6 Å². The summed E-state index contributed by atoms with van der Waals surface area (Å²) >= 11 is 5.29. The van der Waals surface area contributed by atoms with Crippen molar-refractivity contribution in [2.75, 3.05) is 13.2 Å². The van der Waals surface area contributed by atoms with Crippen LogP contribution in [-0.2, 0) is 0 Å². The van der Waals surface area contributed by atoms with Crippen molar-refractivity contribution in [3.8, 4) is 11.5 Å². The third-order valence-corrected chi connectivity index (χ3v) is 4.95. The standard InChI is InChI=1S/C22H23N3O5S/c1-4-29-17-12-15(11-16(25(27)28)21(17)30-5-2)19-18(13(3)23-22(31)24-19)20(26)14-9-7-6-8-10-14/h6-12,19H,4-5H2,1-3H3,(H2,23,24,31). The van der Waals surface area contributed by atoms with Gasteiger partial charge in [-0.2, -0.15) is 0 Å². The lowest BCUT2D eigenvalue weighted by atomic mass is 9.89. The molecule has 0 saturated carbocycles. The molecule has 2 N–H and O–H groups in total. The number of nitro benzene ring substituents is 1. The molecule has 0 spiro atoms. The average molecular weight is 442 g/mol. The van der Waals surface area contributed by atoms with E-state index in [4.69, 9.17) is 21.7 Å². The number of carbonyl (C=O) groups excluding carboxylic acids is 1. The monoisotopic (exact) mass is 441 g/mol. The van der Waals surface area contributed by atoms with Crippen LogP contribution in [-0.4, -0.2) is 29.0 Å². The zero-order valence-electron chi connectivity index (χ0n) is 17.4. The van der Waals surface area contributed by atoms with Gasteiger partial charge in [-0.15, -0.1) is 0 Å². The molecule has 162 valence electrons. The van der Waals surface area contributed by atoms with Gasteiger partial charge in [0.05, 0.1) is 24.2 Å². The molecule has 0 radical (unpaired) electrons. The van der Waals surface area contributed by atoms with Gasteiger partial charge < -0.3 is 20.1 Å². The highest BCUT2D eigenvalue weighted by molar-refractivity contribution is 7.80. The molecule has 2 aromatic rings. The van der Waals surface area contributed by atoms with Gasteiger partial charge >= 0.3 is 5.69 Å². The first-order valence-electron chi connectivity index (χ1n) is 9.83. The summed E-state index contributed by atoms with van der Waals surface area (Å²) in [4.78, 5) is 24.6. The van der Waals surface area contributed by atoms with E-state index in [9.17, 15) is 14.9 Å². The van der Waals surface area contributed by atoms with Crippen molar-refractivity contribution in [1.82, 2.24) is 10.6 Å². The molecule has 2 aromatic carbocycles. The van der Waals surface area contributed by atoms with Crippen molar-refractivity contribution in [1.29, 1.82) is 0 Å². The van der Waals surface area contributed by atoms with Crippen molar-refractivity contribution >= 4 is 28.8 Å². The molecule has 0 amide bonds. The molecule has 1 heterocycles. The van der Waals surface area contributed by atoms with Crippen LogP contribution in [0.25, 0.3) is 0 Å². The summed E-state index contributed by atoms with van der Waals surface area (Å²) in [7, 11) is 0. The van der Waals surface area contributed by atoms with Gasteiger partial charge in [-0.3, -0.25) is 14.9 Å². The van der Waals surface area contributed by atoms with Gasteiger partial charge in [0.15, 0.2) is 16.6 Å². The quantitative estimate of drug-likeness (QED) is 0.274. The van der Waals surface area contributed by atoms with Crippen LogP contribution in [0, 0.1) is 10.1 Å². The topological polar surface area (TPSA) is 103 Å². The lowest BCUT2D eigenvalue weighted by molar-refractivity contribution is -0.386. The third-order valence-electron chi connectivity index (χ3n) is 4.73. The Morgan fingerprint density at radius 2 is 1.84 bits per heavy atom. The van der Waals surface area contributed by atoms with Crippen LogP contribution in [0.2, 0.25) is 0 Å². The summed E-state index contributed by atoms with van der Waals surface area (Å²) in [6.45, 7) is 5.81. The second-order valence-electron chi connectivity index (χ2n) is 6.76. The highest BCUT2D eigenvalue weighted by Gasteiger charge is 2.33. The Kier molecular flexibility index (Phi) is 6.86. The van der Waals surface area contributed by atoms with Gasteiger partial charge in [0, 0.05) is 22.9 Å². The Hall–Kier alpha value is -3.46. The Labute approximate surface area is 185 Å². The molecule has 1 aliphatic heterocycles. The minimum Gasteiger partial charge on any atom is -0.490 e. The van der Waals surface area contributed by atoms with Crippen molar-refractivity contribution in [3.63, 3.8) is 0 Å². The van der Waals surface area contributed by atoms with E-state index in [0.717, 1.165) is 0 Å². The molecular weight excluding hydrogens is 418 g/mol. The maximum atomic E-state index is 13.3. The summed E-state index contributed by atoms with van der Waals surface area (Å²) < 4.78 is 11.1. The summed E-state index contributed by atoms with van der Waals surface area (Å²) in [5.41, 5.74) is 1.74. The molecule has 0 aromatic heterocycles. The fourth-order valence-electron chi connectivity index (χ4n) is 3.45. The van der Waals surface area contributed by atoms with Crippen molar-refractivity contribution < 1.29 is 19.2 Å². The number of thiocarbonyl (C=S) groups is 1. The SMILES string of the molecule is CCOc1cc(C2NC(=S)NC(C)=C2C(=O)c2ccccc2)cc([N+](=O)[O-])c1OCC. The molecule has 1 unspecified atom stereocenters. The molecule has 0 fully saturated rings. The first-order valence-corrected chi connectivity index (χ1v) is 10.2. The maximum Gasteiger partial charge on any atom is 0.315 e. The number of nitrogens with one attached hydrogen (secondary N) is 2. The summed E-state index contributed by atoms with van der Waals surface area (Å²) in [5.74, 6) is 0.0929. The minimum atomic E-state index is -0.699. The predicted octanol–water partition coefficient (Wildman–Crippen LogP) is 4.07. The first kappa shape index (κ1) is 22.2. The Balaban J connectivity index is 2.18. The van der Waals surface area contributed by atoms with Crippen LogP contribution >= 0.6 is 12.2 Å². The highest BCUT2D eigenvalue weighted by atomic mass is 32.1. The second kappa shape index (κ2) is 9.57. The van der Waals surface area contributed by atoms with Crippen LogP contribution in [0.5, 0.6) is 11.5 Å². The molecule has 31 heavy (non-hydrogen) atoms. The lowest BCUT2D eigenvalue weighted by Gasteiger charge is -2.30. The van der Waals surface area contributed by atoms with E-state index in [1.54, 1.807) is 51.1 Å². The molecule has 0 aliphatic carbocycles. The Bertz CT molecular complexity index is 1050. The van der Waals surface area contributed by atoms with Crippen LogP contribution in [0.1, 0.15) is 42.7 Å². The molecular formula is C22H23N3O5S. The van der Waals surface area contributed by atoms with Crippen LogP contribution in [0.4, 0.5) is 5.69 Å². The number of hydrogen-bond donors (Lipinski definition) is 2. The van der Waals surface area contributed by atoms with E-state index in [-0.39, 0.29) is 29.6 Å². The zero-order chi connectivity index (χ0) is 22.5. The van der Waals surface area contributed by atoms with Crippen molar-refractivity contribution in [3.05, 3.63) is 75.0 Å². The van der Waals surface area contributed by atoms with Gasteiger partial charge in [0.25, 0.3) is 0 Å². The molecule has 0 bridgehead atoms. The maximum absolute atomic E-state index is 13.3. The van der Waals surface area contributed by atoms with E-state index in [2.05, 4.69) is 10.6 Å². The van der Waals surface area contributed by atoms with Crippen molar-refractivity contribution in [2.24, 2.45) is 0 Å². The van der Waals surface area contributed by atoms with Crippen LogP contribution in [0.3, 0.4) is 0 Å². The van der Waals surface area contributed by atoms with E-state index >= 15 is 0 Å².